The topological polar surface area (TPSA) is 84.7 Å². The number of benzene rings is 2. The molecule has 2 aliphatic rings. The van der Waals surface area contributed by atoms with E-state index in [0.717, 1.165) is 17.5 Å². The fourth-order valence-electron chi connectivity index (χ4n) is 5.30. The fraction of sp³-hybridized carbons (Fsp3) is 0.400. The number of carbonyl (C=O) groups excluding carboxylic acids is 2. The Labute approximate surface area is 222 Å². The lowest BCUT2D eigenvalue weighted by molar-refractivity contribution is -0.134. The van der Waals surface area contributed by atoms with Gasteiger partial charge in [-0.25, -0.2) is 9.78 Å². The van der Waals surface area contributed by atoms with Crippen molar-refractivity contribution < 1.29 is 14.3 Å². The Kier molecular flexibility index (Phi) is 6.82. The molecule has 1 aromatic heterocycles. The van der Waals surface area contributed by atoms with E-state index in [4.69, 9.17) is 9.72 Å². The monoisotopic (exact) mass is 514 g/mol. The molecule has 0 radical (unpaired) electrons. The number of fused-ring (bicyclic) bond motifs is 2. The second kappa shape index (κ2) is 10.1. The Morgan fingerprint density at radius 1 is 0.895 bits per heavy atom. The molecule has 198 valence electrons. The van der Waals surface area contributed by atoms with Crippen LogP contribution in [-0.4, -0.2) is 50.0 Å². The maximum Gasteiger partial charge on any atom is 0.410 e. The Bertz CT molecular complexity index is 1420. The van der Waals surface area contributed by atoms with Crippen LogP contribution in [0.1, 0.15) is 60.6 Å². The van der Waals surface area contributed by atoms with Crippen molar-refractivity contribution in [2.75, 3.05) is 13.1 Å². The lowest BCUT2D eigenvalue weighted by atomic mass is 9.97. The summed E-state index contributed by atoms with van der Waals surface area (Å²) in [6, 6.07) is 16.8. The fourth-order valence-corrected chi connectivity index (χ4v) is 5.30. The van der Waals surface area contributed by atoms with Crippen molar-refractivity contribution >= 4 is 12.0 Å². The van der Waals surface area contributed by atoms with Crippen molar-refractivity contribution in [1.29, 1.82) is 0 Å². The number of aromatic nitrogens is 2. The molecule has 3 aromatic rings. The zero-order valence-corrected chi connectivity index (χ0v) is 22.4. The van der Waals surface area contributed by atoms with E-state index in [0.29, 0.717) is 43.1 Å². The summed E-state index contributed by atoms with van der Waals surface area (Å²) in [5.74, 6) is 0.322. The van der Waals surface area contributed by atoms with Crippen LogP contribution in [0.15, 0.2) is 59.4 Å². The molecule has 2 aromatic carbocycles. The third-order valence-electron chi connectivity index (χ3n) is 7.14. The zero-order valence-electron chi connectivity index (χ0n) is 22.4. The van der Waals surface area contributed by atoms with Crippen LogP contribution in [0.4, 0.5) is 4.79 Å². The smallest absolute Gasteiger partial charge is 0.410 e. The van der Waals surface area contributed by atoms with Crippen molar-refractivity contribution in [3.63, 3.8) is 0 Å². The number of ether oxygens (including phenoxy) is 1. The summed E-state index contributed by atoms with van der Waals surface area (Å²) in [5, 5.41) is 0. The van der Waals surface area contributed by atoms with Crippen molar-refractivity contribution in [2.45, 2.75) is 65.3 Å². The number of hydrogen-bond donors (Lipinski definition) is 0. The number of rotatable bonds is 3. The molecule has 2 aliphatic heterocycles. The van der Waals surface area contributed by atoms with Gasteiger partial charge >= 0.3 is 6.09 Å². The zero-order chi connectivity index (χ0) is 27.0. The second-order valence-electron chi connectivity index (χ2n) is 11.0. The Morgan fingerprint density at radius 2 is 1.55 bits per heavy atom. The molecule has 0 aliphatic carbocycles. The van der Waals surface area contributed by atoms with E-state index < -0.39 is 17.7 Å². The molecule has 0 saturated carbocycles. The van der Waals surface area contributed by atoms with Gasteiger partial charge in [0.05, 0.1) is 12.2 Å². The standard InChI is InChI=1S/C30H34N4O4/c1-20-31-25-19-33(29(37)38-30(2,3)4)17-15-24(25)27(35)34(20)26(22-11-6-5-7-12-22)28(36)32-16-14-21-10-8-9-13-23(21)18-32/h5-13,26H,14-19H2,1-4H3. The molecule has 3 heterocycles. The summed E-state index contributed by atoms with van der Waals surface area (Å²) < 4.78 is 7.06. The summed E-state index contributed by atoms with van der Waals surface area (Å²) in [7, 11) is 0. The van der Waals surface area contributed by atoms with Crippen LogP contribution in [0, 0.1) is 6.92 Å². The Hall–Kier alpha value is -3.94. The van der Waals surface area contributed by atoms with E-state index >= 15 is 0 Å². The minimum atomic E-state index is -0.823. The molecule has 5 rings (SSSR count). The van der Waals surface area contributed by atoms with Crippen LogP contribution in [-0.2, 0) is 35.5 Å². The maximum absolute atomic E-state index is 14.1. The first kappa shape index (κ1) is 25.7. The molecule has 0 bridgehead atoms. The van der Waals surface area contributed by atoms with Crippen molar-refractivity contribution in [3.8, 4) is 0 Å². The van der Waals surface area contributed by atoms with Gasteiger partial charge in [0.25, 0.3) is 11.5 Å². The van der Waals surface area contributed by atoms with Crippen LogP contribution >= 0.6 is 0 Å². The van der Waals surface area contributed by atoms with Crippen LogP contribution in [0.2, 0.25) is 0 Å². The molecule has 0 spiro atoms. The number of hydrogen-bond acceptors (Lipinski definition) is 5. The van der Waals surface area contributed by atoms with E-state index in [2.05, 4.69) is 12.1 Å². The summed E-state index contributed by atoms with van der Waals surface area (Å²) >= 11 is 0. The first-order valence-corrected chi connectivity index (χ1v) is 13.1. The van der Waals surface area contributed by atoms with Gasteiger partial charge in [0.15, 0.2) is 0 Å². The summed E-state index contributed by atoms with van der Waals surface area (Å²) in [6.45, 7) is 8.89. The van der Waals surface area contributed by atoms with E-state index in [1.165, 1.54) is 5.56 Å². The largest absolute Gasteiger partial charge is 0.444 e. The number of carbonyl (C=O) groups is 2. The molecule has 1 atom stereocenters. The number of nitrogens with zero attached hydrogens (tertiary/aromatic N) is 4. The first-order valence-electron chi connectivity index (χ1n) is 13.1. The average molecular weight is 515 g/mol. The molecule has 8 nitrogen and oxygen atoms in total. The second-order valence-corrected chi connectivity index (χ2v) is 11.0. The normalized spacial score (nSPS) is 15.9. The minimum absolute atomic E-state index is 0.121. The average Bonchev–Trinajstić information content (AvgIpc) is 2.89. The quantitative estimate of drug-likeness (QED) is 0.527. The molecular formula is C30H34N4O4. The van der Waals surface area contributed by atoms with Gasteiger partial charge in [-0.3, -0.25) is 14.2 Å². The van der Waals surface area contributed by atoms with Gasteiger partial charge in [-0.05, 0) is 57.2 Å². The lowest BCUT2D eigenvalue weighted by Gasteiger charge is -2.34. The highest BCUT2D eigenvalue weighted by atomic mass is 16.6. The summed E-state index contributed by atoms with van der Waals surface area (Å²) in [4.78, 5) is 48.9. The van der Waals surface area contributed by atoms with Gasteiger partial charge in [-0.15, -0.1) is 0 Å². The molecule has 38 heavy (non-hydrogen) atoms. The Morgan fingerprint density at radius 3 is 2.26 bits per heavy atom. The molecule has 1 unspecified atom stereocenters. The highest BCUT2D eigenvalue weighted by Gasteiger charge is 2.34. The van der Waals surface area contributed by atoms with Gasteiger partial charge < -0.3 is 14.5 Å². The van der Waals surface area contributed by atoms with Crippen molar-refractivity contribution in [1.82, 2.24) is 19.4 Å². The third kappa shape index (κ3) is 5.08. The van der Waals surface area contributed by atoms with Gasteiger partial charge in [-0.2, -0.15) is 0 Å². The SMILES string of the molecule is Cc1nc2c(c(=O)n1C(C(=O)N1CCc3ccccc3C1)c1ccccc1)CCN(C(=O)OC(C)(C)C)C2. The third-order valence-corrected chi connectivity index (χ3v) is 7.14. The maximum atomic E-state index is 14.1. The molecule has 2 amide bonds. The van der Waals surface area contributed by atoms with E-state index in [1.807, 2.05) is 68.1 Å². The van der Waals surface area contributed by atoms with Crippen LogP contribution in [0.3, 0.4) is 0 Å². The minimum Gasteiger partial charge on any atom is -0.444 e. The van der Waals surface area contributed by atoms with E-state index in [1.54, 1.807) is 16.4 Å². The predicted octanol–water partition coefficient (Wildman–Crippen LogP) is 4.02. The summed E-state index contributed by atoms with van der Waals surface area (Å²) in [5.41, 5.74) is 3.41. The summed E-state index contributed by atoms with van der Waals surface area (Å²) in [6.07, 6.45) is 0.711. The van der Waals surface area contributed by atoms with E-state index in [9.17, 15) is 14.4 Å². The van der Waals surface area contributed by atoms with E-state index in [-0.39, 0.29) is 18.0 Å². The van der Waals surface area contributed by atoms with Crippen LogP contribution in [0.25, 0.3) is 0 Å². The molecular weight excluding hydrogens is 480 g/mol. The van der Waals surface area contributed by atoms with Gasteiger partial charge in [0.1, 0.15) is 17.5 Å². The first-order chi connectivity index (χ1) is 18.1. The lowest BCUT2D eigenvalue weighted by Crippen LogP contribution is -2.47. The molecule has 0 N–H and O–H groups in total. The van der Waals surface area contributed by atoms with Crippen LogP contribution in [0.5, 0.6) is 0 Å². The van der Waals surface area contributed by atoms with Gasteiger partial charge in [0, 0.05) is 25.2 Å². The van der Waals surface area contributed by atoms with Crippen LogP contribution < -0.4 is 5.56 Å². The molecule has 8 heteroatoms. The number of amides is 2. The van der Waals surface area contributed by atoms with Crippen molar-refractivity contribution in [3.05, 3.63) is 98.7 Å². The number of aryl methyl sites for hydroxylation is 1. The van der Waals surface area contributed by atoms with Crippen molar-refractivity contribution in [2.24, 2.45) is 0 Å². The molecule has 0 saturated heterocycles. The highest BCUT2D eigenvalue weighted by Crippen LogP contribution is 2.27. The van der Waals surface area contributed by atoms with Gasteiger partial charge in [0.2, 0.25) is 0 Å². The highest BCUT2D eigenvalue weighted by molar-refractivity contribution is 5.84. The molecule has 0 fully saturated rings. The predicted molar refractivity (Wildman–Crippen MR) is 144 cm³/mol. The van der Waals surface area contributed by atoms with Gasteiger partial charge in [-0.1, -0.05) is 54.6 Å². The Balaban J connectivity index is 1.51.